The number of nitrogens with zero attached hydrogens (tertiary/aromatic N) is 1. The summed E-state index contributed by atoms with van der Waals surface area (Å²) < 4.78 is 10.5. The standard InChI is InChI=1S/C23H20N4O3S/c1-29-15-9-7-14(8-10-15)22(28)26-27-23(31)25-21-17-5-3-4-6-19(17)24-20-12-11-16(30-2)13-18(20)21/h3-13H,1-2H3,(H,26,28)(H2,24,25,27,31). The monoisotopic (exact) mass is 432 g/mol. The zero-order valence-electron chi connectivity index (χ0n) is 16.9. The van der Waals surface area contributed by atoms with E-state index in [4.69, 9.17) is 26.7 Å². The third-order valence-corrected chi connectivity index (χ3v) is 4.97. The summed E-state index contributed by atoms with van der Waals surface area (Å²) in [6.45, 7) is 0. The molecule has 1 amide bonds. The van der Waals surface area contributed by atoms with Crippen LogP contribution in [0, 0.1) is 0 Å². The van der Waals surface area contributed by atoms with Crippen LogP contribution in [0.25, 0.3) is 21.8 Å². The number of anilines is 1. The topological polar surface area (TPSA) is 84.5 Å². The van der Waals surface area contributed by atoms with Gasteiger partial charge in [-0.25, -0.2) is 4.98 Å². The van der Waals surface area contributed by atoms with Crippen molar-refractivity contribution in [3.63, 3.8) is 0 Å². The van der Waals surface area contributed by atoms with Gasteiger partial charge in [-0.05, 0) is 60.7 Å². The van der Waals surface area contributed by atoms with Gasteiger partial charge >= 0.3 is 0 Å². The SMILES string of the molecule is COc1ccc(C(=O)NNC(=S)Nc2c3ccccc3nc3ccc(OC)cc23)cc1. The van der Waals surface area contributed by atoms with Gasteiger partial charge in [-0.1, -0.05) is 18.2 Å². The number of benzene rings is 3. The van der Waals surface area contributed by atoms with Crippen LogP contribution in [0.2, 0.25) is 0 Å². The van der Waals surface area contributed by atoms with Gasteiger partial charge in [0, 0.05) is 16.3 Å². The van der Waals surface area contributed by atoms with E-state index in [1.807, 2.05) is 42.5 Å². The highest BCUT2D eigenvalue weighted by atomic mass is 32.1. The molecule has 8 heteroatoms. The fraction of sp³-hybridized carbons (Fsp3) is 0.0870. The first-order chi connectivity index (χ1) is 15.1. The summed E-state index contributed by atoms with van der Waals surface area (Å²) in [6, 6.07) is 20.2. The van der Waals surface area contributed by atoms with E-state index in [2.05, 4.69) is 16.2 Å². The number of rotatable bonds is 4. The summed E-state index contributed by atoms with van der Waals surface area (Å²) in [6.07, 6.45) is 0. The molecule has 31 heavy (non-hydrogen) atoms. The predicted octanol–water partition coefficient (Wildman–Crippen LogP) is 4.04. The molecule has 0 saturated heterocycles. The molecule has 4 aromatic rings. The van der Waals surface area contributed by atoms with Crippen molar-refractivity contribution in [2.45, 2.75) is 0 Å². The van der Waals surface area contributed by atoms with Crippen molar-refractivity contribution in [1.82, 2.24) is 15.8 Å². The fourth-order valence-electron chi connectivity index (χ4n) is 3.20. The molecule has 3 aromatic carbocycles. The minimum atomic E-state index is -0.321. The number of hydrogen-bond donors (Lipinski definition) is 3. The number of para-hydroxylation sites is 1. The summed E-state index contributed by atoms with van der Waals surface area (Å²) in [4.78, 5) is 17.1. The zero-order chi connectivity index (χ0) is 21.8. The van der Waals surface area contributed by atoms with Crippen molar-refractivity contribution in [2.75, 3.05) is 19.5 Å². The van der Waals surface area contributed by atoms with E-state index in [1.165, 1.54) is 0 Å². The molecule has 0 spiro atoms. The third-order valence-electron chi connectivity index (χ3n) is 4.77. The Hall–Kier alpha value is -3.91. The van der Waals surface area contributed by atoms with Gasteiger partial charge in [-0.2, -0.15) is 0 Å². The van der Waals surface area contributed by atoms with Crippen LogP contribution in [-0.4, -0.2) is 30.2 Å². The Kier molecular flexibility index (Phi) is 5.81. The highest BCUT2D eigenvalue weighted by Crippen LogP contribution is 2.32. The van der Waals surface area contributed by atoms with Crippen molar-refractivity contribution in [3.05, 3.63) is 72.3 Å². The van der Waals surface area contributed by atoms with Crippen LogP contribution < -0.4 is 25.6 Å². The lowest BCUT2D eigenvalue weighted by molar-refractivity contribution is 0.0944. The minimum Gasteiger partial charge on any atom is -0.497 e. The molecule has 1 aromatic heterocycles. The summed E-state index contributed by atoms with van der Waals surface area (Å²) in [5.41, 5.74) is 8.23. The Balaban J connectivity index is 1.57. The number of carbonyl (C=O) groups is 1. The second kappa shape index (κ2) is 8.85. The number of fused-ring (bicyclic) bond motifs is 2. The summed E-state index contributed by atoms with van der Waals surface area (Å²) in [5, 5.41) is 5.18. The molecule has 1 heterocycles. The van der Waals surface area contributed by atoms with Crippen molar-refractivity contribution in [1.29, 1.82) is 0 Å². The van der Waals surface area contributed by atoms with E-state index in [9.17, 15) is 4.79 Å². The molecule has 0 unspecified atom stereocenters. The number of aromatic nitrogens is 1. The Morgan fingerprint density at radius 1 is 0.839 bits per heavy atom. The van der Waals surface area contributed by atoms with Gasteiger partial charge in [0.05, 0.1) is 30.9 Å². The van der Waals surface area contributed by atoms with Crippen LogP contribution in [0.4, 0.5) is 5.69 Å². The number of ether oxygens (including phenoxy) is 2. The second-order valence-corrected chi connectivity index (χ2v) is 7.06. The maximum Gasteiger partial charge on any atom is 0.269 e. The van der Waals surface area contributed by atoms with Gasteiger partial charge in [-0.15, -0.1) is 0 Å². The third kappa shape index (κ3) is 4.34. The van der Waals surface area contributed by atoms with Gasteiger partial charge in [0.15, 0.2) is 5.11 Å². The molecule has 0 saturated carbocycles. The van der Waals surface area contributed by atoms with E-state index >= 15 is 0 Å². The van der Waals surface area contributed by atoms with Crippen molar-refractivity contribution in [3.8, 4) is 11.5 Å². The lowest BCUT2D eigenvalue weighted by atomic mass is 10.1. The fourth-order valence-corrected chi connectivity index (χ4v) is 3.36. The van der Waals surface area contributed by atoms with E-state index in [0.717, 1.165) is 27.5 Å². The Morgan fingerprint density at radius 2 is 1.52 bits per heavy atom. The van der Waals surface area contributed by atoms with Crippen molar-refractivity contribution < 1.29 is 14.3 Å². The van der Waals surface area contributed by atoms with Crippen LogP contribution in [0.3, 0.4) is 0 Å². The first kappa shape index (κ1) is 20.4. The lowest BCUT2D eigenvalue weighted by Gasteiger charge is -2.16. The van der Waals surface area contributed by atoms with Crippen LogP contribution in [0.15, 0.2) is 66.7 Å². The van der Waals surface area contributed by atoms with Crippen molar-refractivity contribution >= 4 is 50.7 Å². The maximum absolute atomic E-state index is 12.4. The Bertz CT molecular complexity index is 1280. The van der Waals surface area contributed by atoms with Gasteiger partial charge in [0.25, 0.3) is 5.91 Å². The quantitative estimate of drug-likeness (QED) is 0.255. The molecule has 3 N–H and O–H groups in total. The van der Waals surface area contributed by atoms with E-state index in [-0.39, 0.29) is 11.0 Å². The highest BCUT2D eigenvalue weighted by molar-refractivity contribution is 7.80. The van der Waals surface area contributed by atoms with E-state index < -0.39 is 0 Å². The van der Waals surface area contributed by atoms with Crippen molar-refractivity contribution in [2.24, 2.45) is 0 Å². The molecule has 0 bridgehead atoms. The van der Waals surface area contributed by atoms with Crippen LogP contribution in [-0.2, 0) is 0 Å². The lowest BCUT2D eigenvalue weighted by Crippen LogP contribution is -2.43. The number of pyridine rings is 1. The highest BCUT2D eigenvalue weighted by Gasteiger charge is 2.12. The summed E-state index contributed by atoms with van der Waals surface area (Å²) in [5.74, 6) is 1.06. The molecule has 0 aliphatic rings. The molecule has 7 nitrogen and oxygen atoms in total. The number of amides is 1. The van der Waals surface area contributed by atoms with Crippen LogP contribution >= 0.6 is 12.2 Å². The molecular formula is C23H20N4O3S. The number of nitrogens with one attached hydrogen (secondary N) is 3. The molecule has 0 aliphatic heterocycles. The summed E-state index contributed by atoms with van der Waals surface area (Å²) >= 11 is 5.42. The van der Waals surface area contributed by atoms with Gasteiger partial charge < -0.3 is 14.8 Å². The summed E-state index contributed by atoms with van der Waals surface area (Å²) in [7, 11) is 3.19. The number of hydrazine groups is 1. The number of carbonyl (C=O) groups excluding carboxylic acids is 1. The maximum atomic E-state index is 12.4. The van der Waals surface area contributed by atoms with Crippen LogP contribution in [0.5, 0.6) is 11.5 Å². The Labute approximate surface area is 184 Å². The largest absolute Gasteiger partial charge is 0.497 e. The average molecular weight is 433 g/mol. The molecule has 0 fully saturated rings. The van der Waals surface area contributed by atoms with Gasteiger partial charge in [0.2, 0.25) is 0 Å². The first-order valence-electron chi connectivity index (χ1n) is 9.47. The van der Waals surface area contributed by atoms with Crippen LogP contribution in [0.1, 0.15) is 10.4 Å². The molecule has 4 rings (SSSR count). The smallest absolute Gasteiger partial charge is 0.269 e. The Morgan fingerprint density at radius 3 is 2.26 bits per heavy atom. The average Bonchev–Trinajstić information content (AvgIpc) is 2.82. The number of thiocarbonyl (C=S) groups is 1. The minimum absolute atomic E-state index is 0.238. The first-order valence-corrected chi connectivity index (χ1v) is 9.88. The molecule has 0 radical (unpaired) electrons. The zero-order valence-corrected chi connectivity index (χ0v) is 17.7. The number of methoxy groups -OCH3 is 2. The molecular weight excluding hydrogens is 412 g/mol. The predicted molar refractivity (Wildman–Crippen MR) is 126 cm³/mol. The normalized spacial score (nSPS) is 10.5. The van der Waals surface area contributed by atoms with E-state index in [1.54, 1.807) is 38.5 Å². The second-order valence-electron chi connectivity index (χ2n) is 6.65. The van der Waals surface area contributed by atoms with Gasteiger partial charge in [0.1, 0.15) is 11.5 Å². The molecule has 156 valence electrons. The molecule has 0 aliphatic carbocycles. The number of hydrogen-bond acceptors (Lipinski definition) is 5. The van der Waals surface area contributed by atoms with Gasteiger partial charge in [-0.3, -0.25) is 15.6 Å². The van der Waals surface area contributed by atoms with E-state index in [0.29, 0.717) is 17.1 Å². The molecule has 0 atom stereocenters.